The molecule has 2 N–H and O–H groups in total. The van der Waals surface area contributed by atoms with Gasteiger partial charge in [-0.3, -0.25) is 4.79 Å². The van der Waals surface area contributed by atoms with Crippen LogP contribution in [0.2, 0.25) is 0 Å². The van der Waals surface area contributed by atoms with E-state index in [0.29, 0.717) is 5.56 Å². The summed E-state index contributed by atoms with van der Waals surface area (Å²) in [4.78, 5) is 10.1. The number of primary amides is 1. The Morgan fingerprint density at radius 3 is 2.53 bits per heavy atom. The number of alkyl halides is 4. The number of benzene rings is 1. The van der Waals surface area contributed by atoms with Crippen LogP contribution in [0.4, 0.5) is 13.2 Å². The first kappa shape index (κ1) is 14.0. The van der Waals surface area contributed by atoms with Crippen LogP contribution in [0.3, 0.4) is 0 Å². The Morgan fingerprint density at radius 2 is 2.06 bits per heavy atom. The van der Waals surface area contributed by atoms with Gasteiger partial charge in [0.2, 0.25) is 5.91 Å². The third-order valence-corrected chi connectivity index (χ3v) is 3.11. The number of hydrogen-bond acceptors (Lipinski definition) is 1. The first-order valence-electron chi connectivity index (χ1n) is 4.82. The second-order valence-electron chi connectivity index (χ2n) is 3.72. The first-order chi connectivity index (χ1) is 7.71. The van der Waals surface area contributed by atoms with Crippen LogP contribution < -0.4 is 5.73 Å². The Morgan fingerprint density at radius 1 is 1.47 bits per heavy atom. The molecule has 0 saturated carbocycles. The van der Waals surface area contributed by atoms with Crippen LogP contribution in [-0.2, 0) is 17.4 Å². The van der Waals surface area contributed by atoms with Crippen molar-refractivity contribution in [3.63, 3.8) is 0 Å². The molecule has 0 bridgehead atoms. The van der Waals surface area contributed by atoms with Gasteiger partial charge in [0.05, 0.1) is 10.4 Å². The van der Waals surface area contributed by atoms with Crippen LogP contribution in [0.1, 0.15) is 16.7 Å². The summed E-state index contributed by atoms with van der Waals surface area (Å²) >= 11 is 3.02. The van der Waals surface area contributed by atoms with Crippen LogP contribution in [0.5, 0.6) is 0 Å². The third-order valence-electron chi connectivity index (χ3n) is 2.33. The number of amides is 1. The Kier molecular flexibility index (Phi) is 4.19. The summed E-state index contributed by atoms with van der Waals surface area (Å²) < 4.78 is 37.9. The van der Waals surface area contributed by atoms with Gasteiger partial charge < -0.3 is 5.73 Å². The van der Waals surface area contributed by atoms with Crippen LogP contribution in [0.25, 0.3) is 0 Å². The van der Waals surface area contributed by atoms with E-state index in [9.17, 15) is 18.0 Å². The van der Waals surface area contributed by atoms with Crippen molar-refractivity contribution in [2.24, 2.45) is 5.73 Å². The fraction of sp³-hybridized carbons (Fsp3) is 0.364. The maximum atomic E-state index is 12.6. The molecule has 94 valence electrons. The molecule has 0 spiro atoms. The summed E-state index contributed by atoms with van der Waals surface area (Å²) in [7, 11) is 0. The van der Waals surface area contributed by atoms with E-state index in [1.807, 2.05) is 0 Å². The maximum absolute atomic E-state index is 12.6. The average molecular weight is 310 g/mol. The molecule has 0 aliphatic carbocycles. The topological polar surface area (TPSA) is 43.1 Å². The molecule has 1 aromatic rings. The van der Waals surface area contributed by atoms with E-state index in [2.05, 4.69) is 15.9 Å². The standard InChI is InChI=1S/C11H11BrF3NO/c1-6-2-3-7(5-9(12)10(16)17)4-8(6)11(13,14)15/h2-4,9H,5H2,1H3,(H2,16,17). The molecule has 17 heavy (non-hydrogen) atoms. The minimum Gasteiger partial charge on any atom is -0.369 e. The molecule has 1 rings (SSSR count). The number of rotatable bonds is 3. The average Bonchev–Trinajstić information content (AvgIpc) is 2.19. The highest BCUT2D eigenvalue weighted by Crippen LogP contribution is 2.32. The van der Waals surface area contributed by atoms with Crippen molar-refractivity contribution < 1.29 is 18.0 Å². The molecular weight excluding hydrogens is 299 g/mol. The van der Waals surface area contributed by atoms with Gasteiger partial charge in [-0.15, -0.1) is 0 Å². The third kappa shape index (κ3) is 3.73. The summed E-state index contributed by atoms with van der Waals surface area (Å²) in [5, 5.41) is 0. The predicted molar refractivity (Wildman–Crippen MR) is 61.8 cm³/mol. The quantitative estimate of drug-likeness (QED) is 0.857. The van der Waals surface area contributed by atoms with Gasteiger partial charge in [-0.2, -0.15) is 13.2 Å². The van der Waals surface area contributed by atoms with Gasteiger partial charge in [0, 0.05) is 0 Å². The van der Waals surface area contributed by atoms with E-state index in [0.717, 1.165) is 6.07 Å². The van der Waals surface area contributed by atoms with Gasteiger partial charge in [0.15, 0.2) is 0 Å². The second-order valence-corrected chi connectivity index (χ2v) is 4.83. The Hall–Kier alpha value is -1.04. The van der Waals surface area contributed by atoms with Gasteiger partial charge in [0.25, 0.3) is 0 Å². The van der Waals surface area contributed by atoms with Crippen LogP contribution in [0, 0.1) is 6.92 Å². The zero-order valence-corrected chi connectivity index (χ0v) is 10.6. The number of carbonyl (C=O) groups is 1. The Balaban J connectivity index is 3.01. The van der Waals surface area contributed by atoms with Crippen molar-refractivity contribution in [1.82, 2.24) is 0 Å². The highest BCUT2D eigenvalue weighted by molar-refractivity contribution is 9.10. The highest BCUT2D eigenvalue weighted by atomic mass is 79.9. The minimum atomic E-state index is -4.38. The van der Waals surface area contributed by atoms with Crippen LogP contribution in [-0.4, -0.2) is 10.7 Å². The van der Waals surface area contributed by atoms with E-state index in [1.54, 1.807) is 6.07 Å². The summed E-state index contributed by atoms with van der Waals surface area (Å²) in [6.45, 7) is 1.40. The lowest BCUT2D eigenvalue weighted by molar-refractivity contribution is -0.138. The van der Waals surface area contributed by atoms with Gasteiger partial charge in [-0.25, -0.2) is 0 Å². The molecule has 6 heteroatoms. The normalized spacial score (nSPS) is 13.5. The maximum Gasteiger partial charge on any atom is 0.416 e. The van der Waals surface area contributed by atoms with Gasteiger partial charge >= 0.3 is 6.18 Å². The molecule has 1 aromatic carbocycles. The fourth-order valence-corrected chi connectivity index (χ4v) is 1.78. The van der Waals surface area contributed by atoms with E-state index in [4.69, 9.17) is 5.73 Å². The van der Waals surface area contributed by atoms with Crippen molar-refractivity contribution in [2.75, 3.05) is 0 Å². The number of aryl methyl sites for hydroxylation is 1. The van der Waals surface area contributed by atoms with E-state index in [-0.39, 0.29) is 12.0 Å². The molecule has 0 fully saturated rings. The van der Waals surface area contributed by atoms with Crippen molar-refractivity contribution in [3.05, 3.63) is 34.9 Å². The second kappa shape index (κ2) is 5.08. The monoisotopic (exact) mass is 309 g/mol. The Bertz CT molecular complexity index is 431. The lowest BCUT2D eigenvalue weighted by atomic mass is 10.0. The van der Waals surface area contributed by atoms with Gasteiger partial charge in [-0.1, -0.05) is 28.1 Å². The zero-order valence-electron chi connectivity index (χ0n) is 9.01. The van der Waals surface area contributed by atoms with E-state index < -0.39 is 22.5 Å². The summed E-state index contributed by atoms with van der Waals surface area (Å²) in [5.41, 5.74) is 4.93. The van der Waals surface area contributed by atoms with Crippen LogP contribution in [0.15, 0.2) is 18.2 Å². The van der Waals surface area contributed by atoms with E-state index in [1.165, 1.54) is 13.0 Å². The van der Waals surface area contributed by atoms with Crippen molar-refractivity contribution >= 4 is 21.8 Å². The van der Waals surface area contributed by atoms with Gasteiger partial charge in [-0.05, 0) is 30.5 Å². The van der Waals surface area contributed by atoms with E-state index >= 15 is 0 Å². The van der Waals surface area contributed by atoms with Crippen LogP contribution >= 0.6 is 15.9 Å². The number of nitrogens with two attached hydrogens (primary N) is 1. The Labute approximate surface area is 105 Å². The molecule has 0 aliphatic heterocycles. The molecule has 1 atom stereocenters. The lowest BCUT2D eigenvalue weighted by Crippen LogP contribution is -2.25. The number of hydrogen-bond donors (Lipinski definition) is 1. The van der Waals surface area contributed by atoms with Crippen molar-refractivity contribution in [2.45, 2.75) is 24.3 Å². The first-order valence-corrected chi connectivity index (χ1v) is 5.73. The molecule has 0 aromatic heterocycles. The molecule has 1 amide bonds. The fourth-order valence-electron chi connectivity index (χ4n) is 1.41. The molecular formula is C11H11BrF3NO. The van der Waals surface area contributed by atoms with Crippen molar-refractivity contribution in [1.29, 1.82) is 0 Å². The predicted octanol–water partition coefficient (Wildman–Crippen LogP) is 2.81. The molecule has 0 aliphatic rings. The highest BCUT2D eigenvalue weighted by Gasteiger charge is 2.32. The smallest absolute Gasteiger partial charge is 0.369 e. The minimum absolute atomic E-state index is 0.138. The number of carbonyl (C=O) groups excluding carboxylic acids is 1. The molecule has 0 radical (unpaired) electrons. The van der Waals surface area contributed by atoms with Crippen molar-refractivity contribution in [3.8, 4) is 0 Å². The lowest BCUT2D eigenvalue weighted by Gasteiger charge is -2.13. The molecule has 0 heterocycles. The zero-order chi connectivity index (χ0) is 13.2. The van der Waals surface area contributed by atoms with Gasteiger partial charge in [0.1, 0.15) is 0 Å². The largest absolute Gasteiger partial charge is 0.416 e. The molecule has 1 unspecified atom stereocenters. The number of halogens is 4. The molecule has 2 nitrogen and oxygen atoms in total. The summed E-state index contributed by atoms with van der Waals surface area (Å²) in [6.07, 6.45) is -4.24. The molecule has 0 saturated heterocycles. The summed E-state index contributed by atoms with van der Waals surface area (Å²) in [6, 6.07) is 3.99. The SMILES string of the molecule is Cc1ccc(CC(Br)C(N)=O)cc1C(F)(F)F. The summed E-state index contributed by atoms with van der Waals surface area (Å²) in [5.74, 6) is -0.598.